The quantitative estimate of drug-likeness (QED) is 0.732. The van der Waals surface area contributed by atoms with E-state index in [1.54, 1.807) is 6.20 Å². The Morgan fingerprint density at radius 2 is 1.93 bits per heavy atom. The number of hydrogen-bond donors (Lipinski definition) is 1. The third kappa shape index (κ3) is 3.95. The topological polar surface area (TPSA) is 66.3 Å². The first kappa shape index (κ1) is 18.7. The Bertz CT molecular complexity index is 980. The number of anilines is 1. The summed E-state index contributed by atoms with van der Waals surface area (Å²) >= 11 is 6.13. The van der Waals surface area contributed by atoms with Crippen molar-refractivity contribution in [2.45, 2.75) is 13.5 Å². The minimum atomic E-state index is -0.0742. The van der Waals surface area contributed by atoms with Crippen molar-refractivity contribution in [3.05, 3.63) is 53.4 Å². The average Bonchev–Trinajstić information content (AvgIpc) is 3.13. The monoisotopic (exact) mass is 398 g/mol. The highest BCUT2D eigenvalue weighted by atomic mass is 35.5. The number of carbonyl (C=O) groups is 1. The van der Waals surface area contributed by atoms with E-state index in [2.05, 4.69) is 24.8 Å². The highest BCUT2D eigenvalue weighted by Crippen LogP contribution is 2.23. The Morgan fingerprint density at radius 3 is 2.75 bits per heavy atom. The number of carbonyl (C=O) groups excluding carboxylic acids is 1. The zero-order valence-corrected chi connectivity index (χ0v) is 16.6. The molecule has 1 N–H and O–H groups in total. The van der Waals surface area contributed by atoms with Crippen LogP contribution in [0.1, 0.15) is 5.56 Å². The van der Waals surface area contributed by atoms with Crippen molar-refractivity contribution < 1.29 is 4.79 Å². The summed E-state index contributed by atoms with van der Waals surface area (Å²) in [5.41, 5.74) is 3.48. The van der Waals surface area contributed by atoms with Crippen LogP contribution in [-0.4, -0.2) is 63.1 Å². The second-order valence-corrected chi connectivity index (χ2v) is 7.36. The number of piperazine rings is 1. The van der Waals surface area contributed by atoms with E-state index in [0.29, 0.717) is 18.1 Å². The molecule has 28 heavy (non-hydrogen) atoms. The molecule has 0 aliphatic carbocycles. The second-order valence-electron chi connectivity index (χ2n) is 6.96. The molecule has 7 nitrogen and oxygen atoms in total. The number of rotatable bonds is 4. The number of nitrogens with one attached hydrogen (secondary N) is 1. The number of aromatic nitrogens is 3. The Kier molecular flexibility index (Phi) is 5.45. The molecule has 1 aromatic carbocycles. The lowest BCUT2D eigenvalue weighted by atomic mass is 10.2. The molecule has 2 aromatic heterocycles. The van der Waals surface area contributed by atoms with Gasteiger partial charge in [-0.05, 0) is 36.8 Å². The average molecular weight is 399 g/mol. The first-order valence-corrected chi connectivity index (χ1v) is 9.79. The predicted molar refractivity (Wildman–Crippen MR) is 111 cm³/mol. The van der Waals surface area contributed by atoms with Gasteiger partial charge in [-0.25, -0.2) is 14.8 Å². The van der Waals surface area contributed by atoms with Crippen molar-refractivity contribution >= 4 is 34.5 Å². The molecule has 1 fully saturated rings. The van der Waals surface area contributed by atoms with Crippen LogP contribution in [-0.2, 0) is 6.54 Å². The highest BCUT2D eigenvalue weighted by Gasteiger charge is 2.21. The summed E-state index contributed by atoms with van der Waals surface area (Å²) in [5.74, 6) is 0. The lowest BCUT2D eigenvalue weighted by Gasteiger charge is -2.34. The number of pyridine rings is 1. The van der Waals surface area contributed by atoms with Crippen molar-refractivity contribution in [2.75, 3.05) is 38.0 Å². The molecule has 4 rings (SSSR count). The van der Waals surface area contributed by atoms with Gasteiger partial charge in [-0.1, -0.05) is 17.7 Å². The van der Waals surface area contributed by atoms with Crippen LogP contribution in [0.25, 0.3) is 11.2 Å². The summed E-state index contributed by atoms with van der Waals surface area (Å²) in [6.45, 7) is 6.75. The van der Waals surface area contributed by atoms with Crippen molar-refractivity contribution in [1.29, 1.82) is 0 Å². The van der Waals surface area contributed by atoms with E-state index >= 15 is 0 Å². The van der Waals surface area contributed by atoms with Crippen LogP contribution in [0, 0.1) is 6.92 Å². The maximum absolute atomic E-state index is 12.6. The smallest absolute Gasteiger partial charge is 0.321 e. The molecule has 0 spiro atoms. The van der Waals surface area contributed by atoms with Gasteiger partial charge >= 0.3 is 6.03 Å². The van der Waals surface area contributed by atoms with Crippen molar-refractivity contribution in [1.82, 2.24) is 24.3 Å². The fourth-order valence-electron chi connectivity index (χ4n) is 3.42. The Labute approximate surface area is 168 Å². The summed E-state index contributed by atoms with van der Waals surface area (Å²) < 4.78 is 2.08. The number of fused-ring (bicyclic) bond motifs is 1. The Hall–Kier alpha value is -2.64. The lowest BCUT2D eigenvalue weighted by Crippen LogP contribution is -2.50. The van der Waals surface area contributed by atoms with E-state index in [4.69, 9.17) is 11.6 Å². The zero-order valence-electron chi connectivity index (χ0n) is 15.8. The highest BCUT2D eigenvalue weighted by molar-refractivity contribution is 6.31. The van der Waals surface area contributed by atoms with Gasteiger partial charge in [-0.3, -0.25) is 4.90 Å². The molecule has 1 aliphatic heterocycles. The van der Waals surface area contributed by atoms with Gasteiger partial charge in [-0.2, -0.15) is 0 Å². The van der Waals surface area contributed by atoms with E-state index in [-0.39, 0.29) is 6.03 Å². The number of imidazole rings is 1. The predicted octanol–water partition coefficient (Wildman–Crippen LogP) is 3.24. The number of hydrogen-bond acceptors (Lipinski definition) is 4. The van der Waals surface area contributed by atoms with Crippen molar-refractivity contribution in [3.63, 3.8) is 0 Å². The van der Waals surface area contributed by atoms with Gasteiger partial charge in [-0.15, -0.1) is 0 Å². The Balaban J connectivity index is 1.28. The van der Waals surface area contributed by atoms with Crippen LogP contribution < -0.4 is 5.32 Å². The molecule has 3 aromatic rings. The minimum absolute atomic E-state index is 0.0742. The third-order valence-electron chi connectivity index (χ3n) is 5.20. The van der Waals surface area contributed by atoms with E-state index in [9.17, 15) is 4.79 Å². The molecule has 2 amide bonds. The summed E-state index contributed by atoms with van der Waals surface area (Å²) in [4.78, 5) is 25.6. The summed E-state index contributed by atoms with van der Waals surface area (Å²) in [6.07, 6.45) is 3.63. The standard InChI is InChI=1S/C20H23ClN6O/c1-15-16(21)4-2-5-17(15)24-20(28)26-11-8-25(9-12-26)10-13-27-14-23-18-6-3-7-22-19(18)27/h2-7,14H,8-13H2,1H3,(H,24,28). The number of urea groups is 1. The first-order valence-electron chi connectivity index (χ1n) is 9.41. The van der Waals surface area contributed by atoms with Crippen LogP contribution in [0.3, 0.4) is 0 Å². The number of nitrogens with zero attached hydrogens (tertiary/aromatic N) is 5. The maximum atomic E-state index is 12.6. The van der Waals surface area contributed by atoms with Gasteiger partial charge in [0.15, 0.2) is 5.65 Å². The largest absolute Gasteiger partial charge is 0.322 e. The first-order chi connectivity index (χ1) is 13.6. The van der Waals surface area contributed by atoms with E-state index in [0.717, 1.165) is 48.6 Å². The van der Waals surface area contributed by atoms with E-state index in [1.165, 1.54) is 0 Å². The maximum Gasteiger partial charge on any atom is 0.321 e. The van der Waals surface area contributed by atoms with Gasteiger partial charge < -0.3 is 14.8 Å². The number of benzene rings is 1. The molecule has 0 radical (unpaired) electrons. The second kappa shape index (κ2) is 8.16. The lowest BCUT2D eigenvalue weighted by molar-refractivity contribution is 0.144. The molecule has 0 bridgehead atoms. The van der Waals surface area contributed by atoms with Gasteiger partial charge in [0.1, 0.15) is 5.52 Å². The van der Waals surface area contributed by atoms with Crippen molar-refractivity contribution in [3.8, 4) is 0 Å². The molecule has 0 saturated carbocycles. The molecule has 0 atom stereocenters. The van der Waals surface area contributed by atoms with E-state index in [1.807, 2.05) is 48.5 Å². The fourth-order valence-corrected chi connectivity index (χ4v) is 3.60. The van der Waals surface area contributed by atoms with Crippen LogP contribution in [0.5, 0.6) is 0 Å². The van der Waals surface area contributed by atoms with Gasteiger partial charge in [0.05, 0.1) is 6.33 Å². The molecule has 1 saturated heterocycles. The van der Waals surface area contributed by atoms with Crippen molar-refractivity contribution in [2.24, 2.45) is 0 Å². The summed E-state index contributed by atoms with van der Waals surface area (Å²) in [5, 5.41) is 3.63. The summed E-state index contributed by atoms with van der Waals surface area (Å²) in [6, 6.07) is 9.34. The van der Waals surface area contributed by atoms with Gasteiger partial charge in [0.25, 0.3) is 0 Å². The summed E-state index contributed by atoms with van der Waals surface area (Å²) in [7, 11) is 0. The molecule has 3 heterocycles. The van der Waals surface area contributed by atoms with E-state index < -0.39 is 0 Å². The molecular weight excluding hydrogens is 376 g/mol. The minimum Gasteiger partial charge on any atom is -0.322 e. The fraction of sp³-hybridized carbons (Fsp3) is 0.350. The molecular formula is C20H23ClN6O. The normalized spacial score (nSPS) is 15.1. The van der Waals surface area contributed by atoms with Crippen LogP contribution in [0.15, 0.2) is 42.9 Å². The molecule has 1 aliphatic rings. The van der Waals surface area contributed by atoms with Crippen LogP contribution in [0.2, 0.25) is 5.02 Å². The molecule has 0 unspecified atom stereocenters. The number of halogens is 1. The third-order valence-corrected chi connectivity index (χ3v) is 5.61. The van der Waals surface area contributed by atoms with Crippen LogP contribution in [0.4, 0.5) is 10.5 Å². The number of amides is 2. The molecule has 146 valence electrons. The van der Waals surface area contributed by atoms with Crippen LogP contribution >= 0.6 is 11.6 Å². The van der Waals surface area contributed by atoms with Gasteiger partial charge in [0, 0.05) is 56.2 Å². The Morgan fingerprint density at radius 1 is 1.11 bits per heavy atom. The SMILES string of the molecule is Cc1c(Cl)cccc1NC(=O)N1CCN(CCn2cnc3cccnc32)CC1. The molecule has 8 heteroatoms. The van der Waals surface area contributed by atoms with Gasteiger partial charge in [0.2, 0.25) is 0 Å². The zero-order chi connectivity index (χ0) is 19.5.